The van der Waals surface area contributed by atoms with Crippen molar-refractivity contribution in [1.29, 1.82) is 5.41 Å². The fourth-order valence-corrected chi connectivity index (χ4v) is 2.47. The third-order valence-corrected chi connectivity index (χ3v) is 3.72. The van der Waals surface area contributed by atoms with Crippen LogP contribution in [0.2, 0.25) is 0 Å². The maximum Gasteiger partial charge on any atom is 0.251 e. The maximum absolute atomic E-state index is 9.73. The molecule has 9 heteroatoms. The van der Waals surface area contributed by atoms with Gasteiger partial charge in [-0.05, 0) is 0 Å². The Labute approximate surface area is 113 Å². The van der Waals surface area contributed by atoms with Gasteiger partial charge in [-0.2, -0.15) is 0 Å². The number of hydrogen-bond acceptors (Lipinski definition) is 7. The summed E-state index contributed by atoms with van der Waals surface area (Å²) in [4.78, 5) is 12.0. The van der Waals surface area contributed by atoms with E-state index in [9.17, 15) is 5.11 Å². The number of amidine groups is 2. The number of ether oxygens (including phenoxy) is 1. The number of alkyl halides is 1. The molecule has 102 valence electrons. The second-order valence-corrected chi connectivity index (χ2v) is 4.98. The van der Waals surface area contributed by atoms with Gasteiger partial charge in [0, 0.05) is 6.42 Å². The number of aliphatic hydroxyl groups excluding tert-OH is 2. The van der Waals surface area contributed by atoms with Crippen LogP contribution in [-0.2, 0) is 4.74 Å². The molecular formula is C10H12ClN5O3. The van der Waals surface area contributed by atoms with Crippen molar-refractivity contribution in [2.75, 3.05) is 6.61 Å². The summed E-state index contributed by atoms with van der Waals surface area (Å²) < 4.78 is 5.52. The lowest BCUT2D eigenvalue weighted by molar-refractivity contribution is -0.0433. The molecule has 0 saturated carbocycles. The van der Waals surface area contributed by atoms with E-state index in [0.717, 1.165) is 0 Å². The average molecular weight is 286 g/mol. The molecule has 3 rings (SSSR count). The molecule has 4 atom stereocenters. The summed E-state index contributed by atoms with van der Waals surface area (Å²) >= 11 is 6.23. The van der Waals surface area contributed by atoms with Crippen LogP contribution in [0, 0.1) is 5.41 Å². The summed E-state index contributed by atoms with van der Waals surface area (Å²) in [6.07, 6.45) is 1.04. The van der Waals surface area contributed by atoms with Gasteiger partial charge in [0.15, 0.2) is 11.7 Å². The zero-order chi connectivity index (χ0) is 13.6. The van der Waals surface area contributed by atoms with Crippen molar-refractivity contribution in [2.24, 2.45) is 15.0 Å². The highest BCUT2D eigenvalue weighted by molar-refractivity contribution is 6.50. The molecule has 3 aliphatic heterocycles. The van der Waals surface area contributed by atoms with Crippen LogP contribution in [0.25, 0.3) is 0 Å². The van der Waals surface area contributed by atoms with E-state index in [1.165, 1.54) is 12.7 Å². The smallest absolute Gasteiger partial charge is 0.251 e. The monoisotopic (exact) mass is 285 g/mol. The first-order chi connectivity index (χ1) is 9.06. The molecule has 0 bridgehead atoms. The normalized spacial score (nSPS) is 40.8. The number of nitrogens with one attached hydrogen (secondary N) is 1. The Bertz CT molecular complexity index is 507. The van der Waals surface area contributed by atoms with E-state index in [0.29, 0.717) is 12.3 Å². The molecule has 3 N–H and O–H groups in total. The minimum absolute atomic E-state index is 0.116. The highest BCUT2D eigenvalue weighted by Gasteiger charge is 2.50. The standard InChI is InChI=1S/C10H12ClN5O3/c11-10-8(12)13-3-14-9(10)16(4-15-10)7-1-5(18)6(2-17)19-7/h3-7,12,17-18H,1-2H2/t5-,6+,7+,10?/m0/s1. The van der Waals surface area contributed by atoms with Crippen LogP contribution in [0.1, 0.15) is 6.42 Å². The number of aliphatic imine (C=N–C) groups is 3. The van der Waals surface area contributed by atoms with Gasteiger partial charge in [-0.15, -0.1) is 0 Å². The van der Waals surface area contributed by atoms with Crippen LogP contribution in [0.3, 0.4) is 0 Å². The van der Waals surface area contributed by atoms with Crippen LogP contribution < -0.4 is 0 Å². The topological polar surface area (TPSA) is 114 Å². The lowest BCUT2D eigenvalue weighted by Crippen LogP contribution is -2.48. The largest absolute Gasteiger partial charge is 0.394 e. The number of hydrogen-bond donors (Lipinski definition) is 3. The Kier molecular flexibility index (Phi) is 2.90. The highest BCUT2D eigenvalue weighted by Crippen LogP contribution is 2.33. The van der Waals surface area contributed by atoms with Crippen molar-refractivity contribution in [3.8, 4) is 0 Å². The van der Waals surface area contributed by atoms with Gasteiger partial charge in [-0.25, -0.2) is 15.0 Å². The first-order valence-electron chi connectivity index (χ1n) is 5.73. The van der Waals surface area contributed by atoms with E-state index in [1.54, 1.807) is 4.90 Å². The molecule has 1 unspecified atom stereocenters. The fourth-order valence-electron chi connectivity index (χ4n) is 2.23. The highest BCUT2D eigenvalue weighted by atomic mass is 35.5. The zero-order valence-electron chi connectivity index (χ0n) is 9.77. The molecule has 8 nitrogen and oxygen atoms in total. The Balaban J connectivity index is 1.85. The van der Waals surface area contributed by atoms with Crippen molar-refractivity contribution in [1.82, 2.24) is 4.90 Å². The van der Waals surface area contributed by atoms with E-state index in [1.807, 2.05) is 0 Å². The van der Waals surface area contributed by atoms with Gasteiger partial charge in [0.1, 0.15) is 18.7 Å². The van der Waals surface area contributed by atoms with Crippen LogP contribution in [0.4, 0.5) is 0 Å². The van der Waals surface area contributed by atoms with E-state index >= 15 is 0 Å². The van der Waals surface area contributed by atoms with Crippen molar-refractivity contribution in [3.05, 3.63) is 0 Å². The van der Waals surface area contributed by atoms with E-state index in [4.69, 9.17) is 26.9 Å². The van der Waals surface area contributed by atoms with Crippen LogP contribution in [0.5, 0.6) is 0 Å². The van der Waals surface area contributed by atoms with Gasteiger partial charge in [-0.1, -0.05) is 11.6 Å². The number of fused-ring (bicyclic) bond motifs is 1. The van der Waals surface area contributed by atoms with Gasteiger partial charge in [0.25, 0.3) is 5.00 Å². The van der Waals surface area contributed by atoms with Crippen molar-refractivity contribution in [3.63, 3.8) is 0 Å². The van der Waals surface area contributed by atoms with E-state index < -0.39 is 23.4 Å². The molecule has 1 fully saturated rings. The van der Waals surface area contributed by atoms with Crippen molar-refractivity contribution < 1.29 is 14.9 Å². The number of nitrogens with zero attached hydrogens (tertiary/aromatic N) is 4. The molecule has 19 heavy (non-hydrogen) atoms. The maximum atomic E-state index is 9.73. The summed E-state index contributed by atoms with van der Waals surface area (Å²) in [6.45, 7) is -0.265. The summed E-state index contributed by atoms with van der Waals surface area (Å²) in [6, 6.07) is 0. The molecule has 0 aromatic rings. The second kappa shape index (κ2) is 4.34. The first-order valence-corrected chi connectivity index (χ1v) is 6.11. The van der Waals surface area contributed by atoms with Gasteiger partial charge in [0.2, 0.25) is 0 Å². The summed E-state index contributed by atoms with van der Waals surface area (Å²) in [5.74, 6) is 0.208. The number of aliphatic hydroxyl groups is 2. The lowest BCUT2D eigenvalue weighted by atomic mass is 10.1. The third-order valence-electron chi connectivity index (χ3n) is 3.28. The minimum atomic E-state index is -1.42. The predicted octanol–water partition coefficient (Wildman–Crippen LogP) is -0.849. The van der Waals surface area contributed by atoms with E-state index in [2.05, 4.69) is 15.0 Å². The molecule has 0 aromatic heterocycles. The minimum Gasteiger partial charge on any atom is -0.394 e. The van der Waals surface area contributed by atoms with Crippen LogP contribution >= 0.6 is 11.6 Å². The predicted molar refractivity (Wildman–Crippen MR) is 68.9 cm³/mol. The number of halogens is 1. The SMILES string of the molecule is N=C1N=CN=C2N([C@H]3C[C@H](O)[C@@H](CO)O3)C=NC12Cl. The average Bonchev–Trinajstić information content (AvgIpc) is 2.92. The molecule has 0 aliphatic carbocycles. The van der Waals surface area contributed by atoms with Crippen LogP contribution in [-0.4, -0.2) is 69.5 Å². The van der Waals surface area contributed by atoms with Crippen molar-refractivity contribution in [2.45, 2.75) is 29.9 Å². The summed E-state index contributed by atoms with van der Waals surface area (Å²) in [7, 11) is 0. The number of rotatable bonds is 2. The molecule has 0 radical (unpaired) electrons. The molecule has 1 saturated heterocycles. The molecule has 0 aromatic carbocycles. The molecule has 0 spiro atoms. The Morgan fingerprint density at radius 3 is 3.11 bits per heavy atom. The van der Waals surface area contributed by atoms with Gasteiger partial charge in [-0.3, -0.25) is 10.3 Å². The molecule has 3 aliphatic rings. The Hall–Kier alpha value is -1.35. The molecule has 0 amide bonds. The summed E-state index contributed by atoms with van der Waals surface area (Å²) in [5.41, 5.74) is 0. The zero-order valence-corrected chi connectivity index (χ0v) is 10.5. The van der Waals surface area contributed by atoms with Crippen LogP contribution in [0.15, 0.2) is 15.0 Å². The van der Waals surface area contributed by atoms with Gasteiger partial charge >= 0.3 is 0 Å². The second-order valence-electron chi connectivity index (χ2n) is 4.43. The quantitative estimate of drug-likeness (QED) is 0.453. The van der Waals surface area contributed by atoms with E-state index in [-0.39, 0.29) is 12.4 Å². The fraction of sp³-hybridized carbons (Fsp3) is 0.600. The lowest BCUT2D eigenvalue weighted by Gasteiger charge is -2.28. The van der Waals surface area contributed by atoms with Gasteiger partial charge in [0.05, 0.1) is 19.0 Å². The first kappa shape index (κ1) is 12.7. The summed E-state index contributed by atoms with van der Waals surface area (Å²) in [5, 5.41) is 26.5. The van der Waals surface area contributed by atoms with Crippen molar-refractivity contribution >= 4 is 35.9 Å². The third kappa shape index (κ3) is 1.79. The molecular weight excluding hydrogens is 274 g/mol. The molecule has 3 heterocycles. The Morgan fingerprint density at radius 2 is 2.42 bits per heavy atom. The Morgan fingerprint density at radius 1 is 1.63 bits per heavy atom. The van der Waals surface area contributed by atoms with Gasteiger partial charge < -0.3 is 14.9 Å².